The van der Waals surface area contributed by atoms with E-state index in [9.17, 15) is 9.59 Å². The highest BCUT2D eigenvalue weighted by molar-refractivity contribution is 8.76. The summed E-state index contributed by atoms with van der Waals surface area (Å²) in [5.74, 6) is -1.00. The molecule has 4 aromatic rings. The number of nitrogens with two attached hydrogens (primary N) is 2. The summed E-state index contributed by atoms with van der Waals surface area (Å²) >= 11 is 0. The van der Waals surface area contributed by atoms with Crippen molar-refractivity contribution in [2.75, 3.05) is 0 Å². The van der Waals surface area contributed by atoms with Crippen molar-refractivity contribution in [3.8, 4) is 0 Å². The molecule has 0 aliphatic carbocycles. The normalized spacial score (nSPS) is 11.0. The van der Waals surface area contributed by atoms with Crippen LogP contribution in [0.1, 0.15) is 20.7 Å². The zero-order valence-corrected chi connectivity index (χ0v) is 16.1. The molecule has 2 aromatic carbocycles. The minimum atomic E-state index is -0.501. The molecule has 0 radical (unpaired) electrons. The van der Waals surface area contributed by atoms with Crippen molar-refractivity contribution >= 4 is 55.2 Å². The fraction of sp³-hybridized carbons (Fsp3) is 0. The van der Waals surface area contributed by atoms with Crippen LogP contribution in [0.3, 0.4) is 0 Å². The molecule has 0 aliphatic heterocycles. The third kappa shape index (κ3) is 3.51. The molecule has 2 amide bonds. The summed E-state index contributed by atoms with van der Waals surface area (Å²) in [6.45, 7) is 0. The van der Waals surface area contributed by atoms with Gasteiger partial charge in [0.05, 0.1) is 22.2 Å². The lowest BCUT2D eigenvalue weighted by molar-refractivity contribution is 0.0991. The zero-order chi connectivity index (χ0) is 19.7. The predicted molar refractivity (Wildman–Crippen MR) is 112 cm³/mol. The lowest BCUT2D eigenvalue weighted by Gasteiger charge is -2.08. The molecule has 0 spiro atoms. The predicted octanol–water partition coefficient (Wildman–Crippen LogP) is 3.78. The molecule has 2 aromatic heterocycles. The molecule has 8 heteroatoms. The van der Waals surface area contributed by atoms with Crippen molar-refractivity contribution in [3.63, 3.8) is 0 Å². The van der Waals surface area contributed by atoms with Gasteiger partial charge in [-0.15, -0.1) is 0 Å². The standard InChI is InChI=1S/C20H14N4O2S2/c21-19(25)13-7-11-3-1-5-15(17(11)23-9-13)27-28-16-6-2-4-12-8-14(20(22)26)10-24-18(12)16/h1-10H,(H2,21,25)(H2,22,26). The zero-order valence-electron chi connectivity index (χ0n) is 14.5. The molecule has 0 unspecified atom stereocenters. The van der Waals surface area contributed by atoms with Gasteiger partial charge in [0.15, 0.2) is 0 Å². The van der Waals surface area contributed by atoms with Crippen molar-refractivity contribution < 1.29 is 9.59 Å². The van der Waals surface area contributed by atoms with Crippen LogP contribution in [0, 0.1) is 0 Å². The second kappa shape index (κ2) is 7.49. The minimum absolute atomic E-state index is 0.380. The Hall–Kier alpha value is -3.10. The van der Waals surface area contributed by atoms with Gasteiger partial charge in [0.1, 0.15) is 0 Å². The van der Waals surface area contributed by atoms with Crippen molar-refractivity contribution in [2.24, 2.45) is 11.5 Å². The number of hydrogen-bond donors (Lipinski definition) is 2. The highest BCUT2D eigenvalue weighted by atomic mass is 33.1. The quantitative estimate of drug-likeness (QED) is 0.488. The summed E-state index contributed by atoms with van der Waals surface area (Å²) in [7, 11) is 3.10. The molecular weight excluding hydrogens is 392 g/mol. The fourth-order valence-electron chi connectivity index (χ4n) is 2.76. The topological polar surface area (TPSA) is 112 Å². The summed E-state index contributed by atoms with van der Waals surface area (Å²) in [6, 6.07) is 15.1. The van der Waals surface area contributed by atoms with Gasteiger partial charge >= 0.3 is 0 Å². The van der Waals surface area contributed by atoms with Crippen LogP contribution in [0.5, 0.6) is 0 Å². The van der Waals surface area contributed by atoms with Gasteiger partial charge in [0.2, 0.25) is 11.8 Å². The molecule has 2 heterocycles. The number of fused-ring (bicyclic) bond motifs is 2. The molecule has 138 valence electrons. The van der Waals surface area contributed by atoms with Crippen LogP contribution in [0.15, 0.2) is 70.7 Å². The van der Waals surface area contributed by atoms with E-state index in [1.165, 1.54) is 12.4 Å². The van der Waals surface area contributed by atoms with E-state index in [1.807, 2.05) is 36.4 Å². The number of rotatable bonds is 5. The number of para-hydroxylation sites is 2. The van der Waals surface area contributed by atoms with Gasteiger partial charge in [-0.1, -0.05) is 45.9 Å². The van der Waals surface area contributed by atoms with Crippen LogP contribution >= 0.6 is 21.6 Å². The maximum Gasteiger partial charge on any atom is 0.250 e. The molecule has 0 fully saturated rings. The van der Waals surface area contributed by atoms with Gasteiger partial charge in [-0.3, -0.25) is 19.6 Å². The number of amides is 2. The van der Waals surface area contributed by atoms with E-state index >= 15 is 0 Å². The molecule has 0 atom stereocenters. The Kier molecular flexibility index (Phi) is 4.89. The van der Waals surface area contributed by atoms with E-state index < -0.39 is 11.8 Å². The van der Waals surface area contributed by atoms with Crippen LogP contribution in [0.25, 0.3) is 21.8 Å². The summed E-state index contributed by atoms with van der Waals surface area (Å²) in [5.41, 5.74) is 13.0. The SMILES string of the molecule is NC(=O)c1cnc2c(SSc3cccc4cc(C(N)=O)cnc34)cccc2c1. The smallest absolute Gasteiger partial charge is 0.250 e. The fourth-order valence-corrected chi connectivity index (χ4v) is 5.05. The van der Waals surface area contributed by atoms with Crippen LogP contribution in [0.2, 0.25) is 0 Å². The summed E-state index contributed by atoms with van der Waals surface area (Å²) in [4.78, 5) is 33.5. The lowest BCUT2D eigenvalue weighted by atomic mass is 10.1. The molecule has 4 N–H and O–H groups in total. The molecule has 28 heavy (non-hydrogen) atoms. The Balaban J connectivity index is 1.66. The van der Waals surface area contributed by atoms with Gasteiger partial charge < -0.3 is 11.5 Å². The Morgan fingerprint density at radius 3 is 1.54 bits per heavy atom. The van der Waals surface area contributed by atoms with E-state index in [-0.39, 0.29) is 0 Å². The third-order valence-electron chi connectivity index (χ3n) is 4.14. The third-order valence-corrected chi connectivity index (χ3v) is 6.57. The monoisotopic (exact) mass is 406 g/mol. The average molecular weight is 406 g/mol. The van der Waals surface area contributed by atoms with E-state index in [1.54, 1.807) is 33.7 Å². The number of carbonyl (C=O) groups is 2. The van der Waals surface area contributed by atoms with Crippen LogP contribution in [-0.2, 0) is 0 Å². The van der Waals surface area contributed by atoms with Crippen molar-refractivity contribution in [2.45, 2.75) is 9.79 Å². The number of aromatic nitrogens is 2. The van der Waals surface area contributed by atoms with Gasteiger partial charge in [-0.05, 0) is 24.3 Å². The summed E-state index contributed by atoms with van der Waals surface area (Å²) in [5, 5.41) is 1.70. The second-order valence-corrected chi connectivity index (χ2v) is 8.21. The molecular formula is C20H14N4O2S2. The van der Waals surface area contributed by atoms with Crippen LogP contribution in [-0.4, -0.2) is 21.8 Å². The Morgan fingerprint density at radius 1 is 0.714 bits per heavy atom. The van der Waals surface area contributed by atoms with E-state index in [0.717, 1.165) is 31.6 Å². The molecule has 0 saturated carbocycles. The van der Waals surface area contributed by atoms with Gasteiger partial charge in [0, 0.05) is 33.0 Å². The van der Waals surface area contributed by atoms with Gasteiger partial charge in [-0.25, -0.2) is 0 Å². The molecule has 4 rings (SSSR count). The van der Waals surface area contributed by atoms with E-state index in [0.29, 0.717) is 11.1 Å². The van der Waals surface area contributed by atoms with Crippen LogP contribution < -0.4 is 11.5 Å². The maximum atomic E-state index is 11.4. The Labute approximate surface area is 168 Å². The first-order valence-electron chi connectivity index (χ1n) is 8.24. The molecule has 0 bridgehead atoms. The summed E-state index contributed by atoms with van der Waals surface area (Å²) in [6.07, 6.45) is 2.98. The number of nitrogens with zero attached hydrogens (tertiary/aromatic N) is 2. The highest BCUT2D eigenvalue weighted by Crippen LogP contribution is 2.42. The number of hydrogen-bond acceptors (Lipinski definition) is 6. The van der Waals surface area contributed by atoms with Crippen molar-refractivity contribution in [3.05, 3.63) is 72.1 Å². The van der Waals surface area contributed by atoms with Gasteiger partial charge in [0.25, 0.3) is 0 Å². The first kappa shape index (κ1) is 18.3. The molecule has 6 nitrogen and oxygen atoms in total. The average Bonchev–Trinajstić information content (AvgIpc) is 2.71. The molecule has 0 saturated heterocycles. The number of pyridine rings is 2. The maximum absolute atomic E-state index is 11.4. The van der Waals surface area contributed by atoms with E-state index in [2.05, 4.69) is 9.97 Å². The van der Waals surface area contributed by atoms with Crippen molar-refractivity contribution in [1.82, 2.24) is 9.97 Å². The summed E-state index contributed by atoms with van der Waals surface area (Å²) < 4.78 is 0. The highest BCUT2D eigenvalue weighted by Gasteiger charge is 2.11. The Morgan fingerprint density at radius 2 is 1.14 bits per heavy atom. The van der Waals surface area contributed by atoms with Gasteiger partial charge in [-0.2, -0.15) is 0 Å². The molecule has 0 aliphatic rings. The lowest BCUT2D eigenvalue weighted by Crippen LogP contribution is -2.11. The first-order valence-corrected chi connectivity index (χ1v) is 10.4. The van der Waals surface area contributed by atoms with Crippen LogP contribution in [0.4, 0.5) is 0 Å². The second-order valence-electron chi connectivity index (χ2n) is 6.00. The van der Waals surface area contributed by atoms with E-state index in [4.69, 9.17) is 11.5 Å². The van der Waals surface area contributed by atoms with Crippen molar-refractivity contribution in [1.29, 1.82) is 0 Å². The number of primary amides is 2. The minimum Gasteiger partial charge on any atom is -0.366 e. The number of benzene rings is 2. The largest absolute Gasteiger partial charge is 0.366 e. The first-order chi connectivity index (χ1) is 13.5. The Bertz CT molecular complexity index is 1150. The number of carbonyl (C=O) groups excluding carboxylic acids is 2.